The van der Waals surface area contributed by atoms with Crippen LogP contribution in [0, 0.1) is 22.7 Å². The Morgan fingerprint density at radius 1 is 1.68 bits per heavy atom. The molecule has 1 aliphatic rings. The third-order valence-electron chi connectivity index (χ3n) is 3.36. The molecule has 0 spiro atoms. The molecule has 0 aliphatic carbocycles. The summed E-state index contributed by atoms with van der Waals surface area (Å²) in [7, 11) is 1.57. The van der Waals surface area contributed by atoms with Gasteiger partial charge in [-0.05, 0) is 13.8 Å². The minimum absolute atomic E-state index is 0.0750. The van der Waals surface area contributed by atoms with Crippen molar-refractivity contribution >= 4 is 12.0 Å². The number of hydrogen-bond donors (Lipinski definition) is 2. The number of amides is 2. The molecule has 1 rings (SSSR count). The highest BCUT2D eigenvalue weighted by Crippen LogP contribution is 2.28. The summed E-state index contributed by atoms with van der Waals surface area (Å²) >= 11 is 0. The molecule has 19 heavy (non-hydrogen) atoms. The third kappa shape index (κ3) is 3.35. The summed E-state index contributed by atoms with van der Waals surface area (Å²) in [6, 6.07) is 1.07. The largest absolute Gasteiger partial charge is 0.481 e. The van der Waals surface area contributed by atoms with Crippen molar-refractivity contribution in [3.63, 3.8) is 0 Å². The van der Waals surface area contributed by atoms with Crippen LogP contribution in [-0.2, 0) is 9.53 Å². The van der Waals surface area contributed by atoms with Crippen LogP contribution in [0.5, 0.6) is 0 Å². The lowest BCUT2D eigenvalue weighted by Crippen LogP contribution is -2.53. The van der Waals surface area contributed by atoms with Crippen molar-refractivity contribution in [2.75, 3.05) is 26.8 Å². The maximum atomic E-state index is 11.9. The quantitative estimate of drug-likeness (QED) is 0.763. The monoisotopic (exact) mass is 269 g/mol. The number of carboxylic acid groups (broad SMARTS) is 1. The van der Waals surface area contributed by atoms with E-state index in [1.807, 2.05) is 6.07 Å². The third-order valence-corrected chi connectivity index (χ3v) is 3.36. The van der Waals surface area contributed by atoms with E-state index < -0.39 is 23.5 Å². The van der Waals surface area contributed by atoms with Crippen LogP contribution in [0.1, 0.15) is 13.8 Å². The van der Waals surface area contributed by atoms with Gasteiger partial charge in [-0.3, -0.25) is 4.79 Å². The van der Waals surface area contributed by atoms with E-state index in [-0.39, 0.29) is 19.1 Å². The predicted molar refractivity (Wildman–Crippen MR) is 66.3 cm³/mol. The molecule has 1 fully saturated rings. The molecule has 0 aromatic heterocycles. The maximum absolute atomic E-state index is 11.9. The standard InChI is InChI=1S/C12H19N3O4/c1-8(4-13)5-15(3)11(18)14-9-6-19-7-12(9,2)10(16)17/h8-9H,5-7H2,1-3H3,(H,14,18)(H,16,17). The predicted octanol–water partition coefficient (Wildman–Crippen LogP) is 0.277. The molecular weight excluding hydrogens is 250 g/mol. The molecule has 1 saturated heterocycles. The van der Waals surface area contributed by atoms with Gasteiger partial charge >= 0.3 is 12.0 Å². The van der Waals surface area contributed by atoms with Gasteiger partial charge in [0, 0.05) is 13.6 Å². The summed E-state index contributed by atoms with van der Waals surface area (Å²) in [6.45, 7) is 3.80. The fourth-order valence-electron chi connectivity index (χ4n) is 1.88. The number of carbonyl (C=O) groups is 2. The number of nitriles is 1. The lowest BCUT2D eigenvalue weighted by Gasteiger charge is -2.28. The Hall–Kier alpha value is -1.81. The van der Waals surface area contributed by atoms with Crippen molar-refractivity contribution in [3.05, 3.63) is 0 Å². The summed E-state index contributed by atoms with van der Waals surface area (Å²) in [5.41, 5.74) is -1.11. The van der Waals surface area contributed by atoms with Crippen LogP contribution >= 0.6 is 0 Å². The lowest BCUT2D eigenvalue weighted by atomic mass is 9.85. The van der Waals surface area contributed by atoms with E-state index >= 15 is 0 Å². The van der Waals surface area contributed by atoms with Crippen LogP contribution in [0.3, 0.4) is 0 Å². The van der Waals surface area contributed by atoms with Crippen molar-refractivity contribution < 1.29 is 19.4 Å². The first kappa shape index (κ1) is 15.2. The average Bonchev–Trinajstić information content (AvgIpc) is 2.72. The van der Waals surface area contributed by atoms with Crippen LogP contribution in [0.15, 0.2) is 0 Å². The number of rotatable bonds is 4. The fourth-order valence-corrected chi connectivity index (χ4v) is 1.88. The smallest absolute Gasteiger partial charge is 0.317 e. The van der Waals surface area contributed by atoms with Crippen LogP contribution in [-0.4, -0.2) is 54.9 Å². The van der Waals surface area contributed by atoms with Crippen molar-refractivity contribution in [3.8, 4) is 6.07 Å². The van der Waals surface area contributed by atoms with E-state index in [4.69, 9.17) is 10.00 Å². The molecule has 1 heterocycles. The number of carbonyl (C=O) groups excluding carboxylic acids is 1. The molecule has 3 atom stereocenters. The first-order chi connectivity index (χ1) is 8.81. The van der Waals surface area contributed by atoms with Gasteiger partial charge < -0.3 is 20.1 Å². The number of carboxylic acids is 1. The fraction of sp³-hybridized carbons (Fsp3) is 0.750. The molecule has 0 bridgehead atoms. The van der Waals surface area contributed by atoms with E-state index in [0.29, 0.717) is 6.54 Å². The Kier molecular flexibility index (Phi) is 4.72. The zero-order valence-electron chi connectivity index (χ0n) is 11.3. The molecule has 0 radical (unpaired) electrons. The Bertz CT molecular complexity index is 406. The van der Waals surface area contributed by atoms with Gasteiger partial charge in [0.15, 0.2) is 0 Å². The van der Waals surface area contributed by atoms with E-state index in [0.717, 1.165) is 0 Å². The average molecular weight is 269 g/mol. The summed E-state index contributed by atoms with van der Waals surface area (Å²) < 4.78 is 5.15. The zero-order chi connectivity index (χ0) is 14.6. The molecule has 2 N–H and O–H groups in total. The van der Waals surface area contributed by atoms with Gasteiger partial charge in [0.1, 0.15) is 5.41 Å². The zero-order valence-corrected chi connectivity index (χ0v) is 11.3. The van der Waals surface area contributed by atoms with Crippen molar-refractivity contribution in [1.29, 1.82) is 5.26 Å². The van der Waals surface area contributed by atoms with Gasteiger partial charge in [0.25, 0.3) is 0 Å². The second kappa shape index (κ2) is 5.89. The summed E-state index contributed by atoms with van der Waals surface area (Å²) in [5.74, 6) is -1.27. The number of nitrogens with one attached hydrogen (secondary N) is 1. The van der Waals surface area contributed by atoms with Gasteiger partial charge in [-0.2, -0.15) is 5.26 Å². The number of nitrogens with zero attached hydrogens (tertiary/aromatic N) is 2. The Balaban J connectivity index is 2.62. The number of aliphatic carboxylic acids is 1. The van der Waals surface area contributed by atoms with E-state index in [9.17, 15) is 14.7 Å². The van der Waals surface area contributed by atoms with Crippen molar-refractivity contribution in [2.24, 2.45) is 11.3 Å². The molecule has 0 aromatic carbocycles. The molecule has 0 aromatic rings. The topological polar surface area (TPSA) is 103 Å². The van der Waals surface area contributed by atoms with Crippen LogP contribution in [0.4, 0.5) is 4.79 Å². The molecule has 0 saturated carbocycles. The molecular formula is C12H19N3O4. The van der Waals surface area contributed by atoms with E-state index in [1.165, 1.54) is 4.90 Å². The second-order valence-corrected chi connectivity index (χ2v) is 5.15. The highest BCUT2D eigenvalue weighted by atomic mass is 16.5. The van der Waals surface area contributed by atoms with Gasteiger partial charge in [-0.15, -0.1) is 0 Å². The Labute approximate surface area is 112 Å². The minimum Gasteiger partial charge on any atom is -0.481 e. The van der Waals surface area contributed by atoms with Crippen LogP contribution < -0.4 is 5.32 Å². The molecule has 7 nitrogen and oxygen atoms in total. The summed E-state index contributed by atoms with van der Waals surface area (Å²) in [6.07, 6.45) is 0. The highest BCUT2D eigenvalue weighted by Gasteiger charge is 2.47. The molecule has 3 unspecified atom stereocenters. The van der Waals surface area contributed by atoms with Gasteiger partial charge in [-0.1, -0.05) is 0 Å². The normalized spacial score (nSPS) is 27.4. The lowest BCUT2D eigenvalue weighted by molar-refractivity contribution is -0.148. The Morgan fingerprint density at radius 3 is 2.84 bits per heavy atom. The highest BCUT2D eigenvalue weighted by molar-refractivity contribution is 5.79. The maximum Gasteiger partial charge on any atom is 0.317 e. The number of hydrogen-bond acceptors (Lipinski definition) is 4. The van der Waals surface area contributed by atoms with Crippen LogP contribution in [0.2, 0.25) is 0 Å². The SMILES string of the molecule is CC(C#N)CN(C)C(=O)NC1COCC1(C)C(=O)O. The molecule has 1 aliphatic heterocycles. The number of ether oxygens (including phenoxy) is 1. The van der Waals surface area contributed by atoms with E-state index in [1.54, 1.807) is 20.9 Å². The first-order valence-corrected chi connectivity index (χ1v) is 6.03. The first-order valence-electron chi connectivity index (χ1n) is 6.03. The summed E-state index contributed by atoms with van der Waals surface area (Å²) in [5, 5.41) is 20.5. The van der Waals surface area contributed by atoms with E-state index in [2.05, 4.69) is 5.32 Å². The molecule has 106 valence electrons. The molecule has 2 amide bonds. The van der Waals surface area contributed by atoms with Crippen LogP contribution in [0.25, 0.3) is 0 Å². The second-order valence-electron chi connectivity index (χ2n) is 5.15. The van der Waals surface area contributed by atoms with Gasteiger partial charge in [0.2, 0.25) is 0 Å². The number of urea groups is 1. The minimum atomic E-state index is -1.11. The van der Waals surface area contributed by atoms with Gasteiger partial charge in [0.05, 0.1) is 31.2 Å². The molecule has 7 heteroatoms. The Morgan fingerprint density at radius 2 is 2.32 bits per heavy atom. The van der Waals surface area contributed by atoms with Gasteiger partial charge in [-0.25, -0.2) is 4.79 Å². The van der Waals surface area contributed by atoms with Crippen molar-refractivity contribution in [1.82, 2.24) is 10.2 Å². The van der Waals surface area contributed by atoms with Crippen molar-refractivity contribution in [2.45, 2.75) is 19.9 Å². The summed E-state index contributed by atoms with van der Waals surface area (Å²) in [4.78, 5) is 24.5.